The summed E-state index contributed by atoms with van der Waals surface area (Å²) in [7, 11) is 0. The number of thiazole rings is 1. The molecule has 3 aromatic rings. The van der Waals surface area contributed by atoms with Crippen molar-refractivity contribution in [2.75, 3.05) is 18.0 Å². The van der Waals surface area contributed by atoms with Crippen molar-refractivity contribution in [3.05, 3.63) is 37.7 Å². The summed E-state index contributed by atoms with van der Waals surface area (Å²) in [4.78, 5) is 25.1. The summed E-state index contributed by atoms with van der Waals surface area (Å²) in [5, 5.41) is 8.09. The highest BCUT2D eigenvalue weighted by molar-refractivity contribution is 7.17. The second-order valence-electron chi connectivity index (χ2n) is 5.86. The van der Waals surface area contributed by atoms with E-state index in [-0.39, 0.29) is 5.56 Å². The fourth-order valence-electron chi connectivity index (χ4n) is 2.85. The van der Waals surface area contributed by atoms with Gasteiger partial charge in [-0.3, -0.25) is 4.79 Å². The van der Waals surface area contributed by atoms with Crippen LogP contribution in [0.1, 0.15) is 30.0 Å². The first-order valence-corrected chi connectivity index (χ1v) is 10.1. The molecule has 0 saturated carbocycles. The van der Waals surface area contributed by atoms with Crippen LogP contribution in [-0.4, -0.2) is 33.9 Å². The van der Waals surface area contributed by atoms with Crippen LogP contribution in [0, 0.1) is 6.92 Å². The molecule has 0 N–H and O–H groups in total. The van der Waals surface area contributed by atoms with Crippen LogP contribution in [0.15, 0.2) is 21.3 Å². The summed E-state index contributed by atoms with van der Waals surface area (Å²) in [5.74, 6) is 0.549. The molecule has 0 aromatic carbocycles. The van der Waals surface area contributed by atoms with E-state index < -0.39 is 0 Å². The van der Waals surface area contributed by atoms with Crippen LogP contribution in [-0.2, 0) is 0 Å². The number of thiophene rings is 1. The monoisotopic (exact) mass is 393 g/mol. The third kappa shape index (κ3) is 3.21. The Bertz CT molecular complexity index is 1000. The van der Waals surface area contributed by atoms with Crippen LogP contribution in [0.4, 0.5) is 5.13 Å². The summed E-state index contributed by atoms with van der Waals surface area (Å²) in [5.41, 5.74) is -0.170. The fraction of sp³-hybridized carbons (Fsp3) is 0.375. The SMILES string of the molecule is Cc1nc2sccc2c(=O)n1N=Cc1sc(N2CCCCC2)nc1Cl. The van der Waals surface area contributed by atoms with Crippen LogP contribution in [0.2, 0.25) is 5.15 Å². The van der Waals surface area contributed by atoms with E-state index in [1.165, 1.54) is 46.6 Å². The Kier molecular flexibility index (Phi) is 4.58. The predicted molar refractivity (Wildman–Crippen MR) is 105 cm³/mol. The highest BCUT2D eigenvalue weighted by Gasteiger charge is 2.17. The lowest BCUT2D eigenvalue weighted by molar-refractivity contribution is 0.577. The molecule has 0 spiro atoms. The van der Waals surface area contributed by atoms with Crippen LogP contribution in [0.5, 0.6) is 0 Å². The van der Waals surface area contributed by atoms with E-state index in [4.69, 9.17) is 11.6 Å². The molecule has 1 saturated heterocycles. The Morgan fingerprint density at radius 2 is 2.08 bits per heavy atom. The molecule has 6 nitrogen and oxygen atoms in total. The van der Waals surface area contributed by atoms with Gasteiger partial charge in [-0.05, 0) is 37.6 Å². The summed E-state index contributed by atoms with van der Waals surface area (Å²) >= 11 is 9.22. The standard InChI is InChI=1S/C16H16ClN5OS2/c1-10-19-14-11(5-8-24-14)15(23)22(10)18-9-12-13(17)20-16(25-12)21-6-3-2-4-7-21/h5,8-9H,2-4,6-7H2,1H3. The first kappa shape index (κ1) is 16.7. The Balaban J connectivity index is 1.66. The molecule has 3 aromatic heterocycles. The number of aromatic nitrogens is 3. The topological polar surface area (TPSA) is 63.4 Å². The van der Waals surface area contributed by atoms with Crippen LogP contribution >= 0.6 is 34.3 Å². The van der Waals surface area contributed by atoms with Gasteiger partial charge in [-0.15, -0.1) is 11.3 Å². The predicted octanol–water partition coefficient (Wildman–Crippen LogP) is 3.75. The molecule has 9 heteroatoms. The maximum Gasteiger partial charge on any atom is 0.282 e. The molecule has 1 aliphatic rings. The lowest BCUT2D eigenvalue weighted by Crippen LogP contribution is -2.29. The molecule has 130 valence electrons. The molecule has 25 heavy (non-hydrogen) atoms. The quantitative estimate of drug-likeness (QED) is 0.636. The molecule has 0 bridgehead atoms. The highest BCUT2D eigenvalue weighted by atomic mass is 35.5. The lowest BCUT2D eigenvalue weighted by atomic mass is 10.1. The van der Waals surface area contributed by atoms with Gasteiger partial charge in [-0.25, -0.2) is 9.97 Å². The van der Waals surface area contributed by atoms with Crippen molar-refractivity contribution in [3.8, 4) is 0 Å². The number of halogens is 1. The third-order valence-electron chi connectivity index (χ3n) is 4.15. The number of piperidine rings is 1. The van der Waals surface area contributed by atoms with Crippen molar-refractivity contribution in [3.63, 3.8) is 0 Å². The van der Waals surface area contributed by atoms with E-state index in [0.29, 0.717) is 16.4 Å². The Hall–Kier alpha value is -1.77. The van der Waals surface area contributed by atoms with Crippen LogP contribution in [0.25, 0.3) is 10.2 Å². The first-order chi connectivity index (χ1) is 12.1. The van der Waals surface area contributed by atoms with E-state index in [0.717, 1.165) is 27.9 Å². The maximum atomic E-state index is 12.5. The zero-order chi connectivity index (χ0) is 17.4. The minimum Gasteiger partial charge on any atom is -0.348 e. The Morgan fingerprint density at radius 1 is 1.28 bits per heavy atom. The van der Waals surface area contributed by atoms with E-state index in [2.05, 4.69) is 20.0 Å². The zero-order valence-electron chi connectivity index (χ0n) is 13.6. The summed E-state index contributed by atoms with van der Waals surface area (Å²) in [6.07, 6.45) is 5.23. The third-order valence-corrected chi connectivity index (χ3v) is 6.41. The minimum absolute atomic E-state index is 0.170. The van der Waals surface area contributed by atoms with Crippen molar-refractivity contribution < 1.29 is 0 Å². The molecular weight excluding hydrogens is 378 g/mol. The molecule has 0 unspecified atom stereocenters. The van der Waals surface area contributed by atoms with Gasteiger partial charge in [-0.2, -0.15) is 9.78 Å². The van der Waals surface area contributed by atoms with Gasteiger partial charge in [0.2, 0.25) is 0 Å². The Morgan fingerprint density at radius 3 is 2.88 bits per heavy atom. The van der Waals surface area contributed by atoms with Gasteiger partial charge in [0.25, 0.3) is 5.56 Å². The smallest absolute Gasteiger partial charge is 0.282 e. The van der Waals surface area contributed by atoms with E-state index in [1.54, 1.807) is 19.2 Å². The fourth-order valence-corrected chi connectivity index (χ4v) is 4.82. The molecular formula is C16H16ClN5OS2. The molecule has 0 radical (unpaired) electrons. The van der Waals surface area contributed by atoms with Gasteiger partial charge in [0.05, 0.1) is 16.5 Å². The van der Waals surface area contributed by atoms with Gasteiger partial charge >= 0.3 is 0 Å². The average Bonchev–Trinajstić information content (AvgIpc) is 3.22. The number of fused-ring (bicyclic) bond motifs is 1. The first-order valence-electron chi connectivity index (χ1n) is 8.06. The van der Waals surface area contributed by atoms with Gasteiger partial charge in [0.15, 0.2) is 10.3 Å². The van der Waals surface area contributed by atoms with E-state index in [9.17, 15) is 4.79 Å². The van der Waals surface area contributed by atoms with Crippen molar-refractivity contribution in [1.82, 2.24) is 14.6 Å². The normalized spacial score (nSPS) is 15.5. The number of hydrogen-bond donors (Lipinski definition) is 0. The molecule has 0 atom stereocenters. The lowest BCUT2D eigenvalue weighted by Gasteiger charge is -2.25. The second kappa shape index (κ2) is 6.86. The van der Waals surface area contributed by atoms with Crippen molar-refractivity contribution in [2.45, 2.75) is 26.2 Å². The van der Waals surface area contributed by atoms with Crippen molar-refractivity contribution in [1.29, 1.82) is 0 Å². The Labute approximate surface area is 157 Å². The van der Waals surface area contributed by atoms with Crippen LogP contribution in [0.3, 0.4) is 0 Å². The second-order valence-corrected chi connectivity index (χ2v) is 8.12. The van der Waals surface area contributed by atoms with Gasteiger partial charge in [-0.1, -0.05) is 22.9 Å². The van der Waals surface area contributed by atoms with Gasteiger partial charge in [0.1, 0.15) is 10.7 Å². The molecule has 1 aliphatic heterocycles. The maximum absolute atomic E-state index is 12.5. The molecule has 4 heterocycles. The van der Waals surface area contributed by atoms with Crippen LogP contribution < -0.4 is 10.5 Å². The van der Waals surface area contributed by atoms with E-state index in [1.807, 2.05) is 5.38 Å². The minimum atomic E-state index is -0.170. The molecule has 0 amide bonds. The highest BCUT2D eigenvalue weighted by Crippen LogP contribution is 2.30. The van der Waals surface area contributed by atoms with Gasteiger partial charge in [0, 0.05) is 13.1 Å². The number of nitrogens with zero attached hydrogens (tertiary/aromatic N) is 5. The number of aryl methyl sites for hydroxylation is 1. The number of anilines is 1. The summed E-state index contributed by atoms with van der Waals surface area (Å²) in [6.45, 7) is 3.79. The summed E-state index contributed by atoms with van der Waals surface area (Å²) < 4.78 is 1.31. The molecule has 1 fully saturated rings. The number of rotatable bonds is 3. The zero-order valence-corrected chi connectivity index (χ0v) is 16.0. The molecule has 4 rings (SSSR count). The largest absolute Gasteiger partial charge is 0.348 e. The van der Waals surface area contributed by atoms with Gasteiger partial charge < -0.3 is 4.90 Å². The summed E-state index contributed by atoms with van der Waals surface area (Å²) in [6, 6.07) is 1.77. The van der Waals surface area contributed by atoms with Crippen molar-refractivity contribution in [2.24, 2.45) is 5.10 Å². The van der Waals surface area contributed by atoms with Crippen molar-refractivity contribution >= 4 is 55.8 Å². The molecule has 0 aliphatic carbocycles. The van der Waals surface area contributed by atoms with E-state index >= 15 is 0 Å². The number of hydrogen-bond acceptors (Lipinski definition) is 7. The average molecular weight is 394 g/mol.